The van der Waals surface area contributed by atoms with Crippen LogP contribution in [0.3, 0.4) is 0 Å². The third-order valence-corrected chi connectivity index (χ3v) is 3.19. The van der Waals surface area contributed by atoms with Crippen molar-refractivity contribution in [3.05, 3.63) is 46.5 Å². The van der Waals surface area contributed by atoms with Crippen molar-refractivity contribution in [1.29, 1.82) is 0 Å². The van der Waals surface area contributed by atoms with Crippen molar-refractivity contribution in [3.63, 3.8) is 0 Å². The molecule has 1 atom stereocenters. The Labute approximate surface area is 93.9 Å². The molecule has 2 aromatic rings. The Balaban J connectivity index is 1.76. The lowest BCUT2D eigenvalue weighted by Crippen LogP contribution is -2.26. The van der Waals surface area contributed by atoms with Crippen molar-refractivity contribution in [2.75, 3.05) is 0 Å². The third-order valence-electron chi connectivity index (χ3n) is 2.29. The van der Waals surface area contributed by atoms with E-state index < -0.39 is 0 Å². The van der Waals surface area contributed by atoms with Crippen LogP contribution in [0.4, 0.5) is 0 Å². The highest BCUT2D eigenvalue weighted by molar-refractivity contribution is 7.09. The van der Waals surface area contributed by atoms with Crippen molar-refractivity contribution < 1.29 is 4.42 Å². The lowest BCUT2D eigenvalue weighted by molar-refractivity contribution is 0.454. The minimum Gasteiger partial charge on any atom is -0.468 e. The average Bonchev–Trinajstić information content (AvgIpc) is 2.86. The molecule has 0 aliphatic rings. The molecule has 0 saturated heterocycles. The Morgan fingerprint density at radius 3 is 3.00 bits per heavy atom. The maximum atomic E-state index is 5.26. The first kappa shape index (κ1) is 10.5. The molecule has 0 aromatic carbocycles. The standard InChI is InChI=1S/C12H15NOS/c1-10(8-12-5-3-7-15-12)13-9-11-4-2-6-14-11/h2-7,10,13H,8-9H2,1H3. The summed E-state index contributed by atoms with van der Waals surface area (Å²) >= 11 is 1.81. The molecule has 2 aromatic heterocycles. The normalized spacial score (nSPS) is 12.9. The van der Waals surface area contributed by atoms with Gasteiger partial charge in [0, 0.05) is 10.9 Å². The topological polar surface area (TPSA) is 25.2 Å². The summed E-state index contributed by atoms with van der Waals surface area (Å²) in [5, 5.41) is 5.56. The van der Waals surface area contributed by atoms with E-state index in [4.69, 9.17) is 4.42 Å². The van der Waals surface area contributed by atoms with E-state index in [1.807, 2.05) is 23.5 Å². The van der Waals surface area contributed by atoms with Crippen molar-refractivity contribution in [3.8, 4) is 0 Å². The van der Waals surface area contributed by atoms with Crippen LogP contribution >= 0.6 is 11.3 Å². The fourth-order valence-electron chi connectivity index (χ4n) is 1.49. The summed E-state index contributed by atoms with van der Waals surface area (Å²) in [6.07, 6.45) is 2.79. The van der Waals surface area contributed by atoms with Gasteiger partial charge in [-0.3, -0.25) is 0 Å². The molecule has 80 valence electrons. The second kappa shape index (κ2) is 5.14. The van der Waals surface area contributed by atoms with E-state index in [1.54, 1.807) is 6.26 Å². The molecule has 0 fully saturated rings. The Bertz CT molecular complexity index is 366. The summed E-state index contributed by atoms with van der Waals surface area (Å²) in [6.45, 7) is 3.00. The van der Waals surface area contributed by atoms with Crippen molar-refractivity contribution in [1.82, 2.24) is 5.32 Å². The maximum absolute atomic E-state index is 5.26. The van der Waals surface area contributed by atoms with Gasteiger partial charge in [0.1, 0.15) is 5.76 Å². The Kier molecular flexibility index (Phi) is 3.59. The highest BCUT2D eigenvalue weighted by Crippen LogP contribution is 2.11. The van der Waals surface area contributed by atoms with Crippen LogP contribution in [-0.4, -0.2) is 6.04 Å². The van der Waals surface area contributed by atoms with Crippen molar-refractivity contribution in [2.24, 2.45) is 0 Å². The zero-order valence-corrected chi connectivity index (χ0v) is 9.59. The lowest BCUT2D eigenvalue weighted by atomic mass is 10.2. The molecule has 2 nitrogen and oxygen atoms in total. The van der Waals surface area contributed by atoms with Gasteiger partial charge in [-0.15, -0.1) is 11.3 Å². The Hall–Kier alpha value is -1.06. The van der Waals surface area contributed by atoms with Crippen molar-refractivity contribution >= 4 is 11.3 Å². The SMILES string of the molecule is CC(Cc1cccs1)NCc1ccco1. The first-order valence-electron chi connectivity index (χ1n) is 5.13. The molecule has 2 rings (SSSR count). The molecular weight excluding hydrogens is 206 g/mol. The zero-order valence-electron chi connectivity index (χ0n) is 8.77. The molecule has 0 amide bonds. The molecule has 15 heavy (non-hydrogen) atoms. The second-order valence-corrected chi connectivity index (χ2v) is 4.68. The van der Waals surface area contributed by atoms with Gasteiger partial charge in [0.25, 0.3) is 0 Å². The maximum Gasteiger partial charge on any atom is 0.117 e. The van der Waals surface area contributed by atoms with E-state index in [1.165, 1.54) is 4.88 Å². The molecule has 2 heterocycles. The highest BCUT2D eigenvalue weighted by Gasteiger charge is 2.04. The van der Waals surface area contributed by atoms with Crippen LogP contribution < -0.4 is 5.32 Å². The summed E-state index contributed by atoms with van der Waals surface area (Å²) in [5.41, 5.74) is 0. The monoisotopic (exact) mass is 221 g/mol. The van der Waals surface area contributed by atoms with Gasteiger partial charge in [0.2, 0.25) is 0 Å². The van der Waals surface area contributed by atoms with Crippen LogP contribution in [0.15, 0.2) is 40.3 Å². The minimum absolute atomic E-state index is 0.480. The van der Waals surface area contributed by atoms with Gasteiger partial charge in [-0.2, -0.15) is 0 Å². The number of hydrogen-bond donors (Lipinski definition) is 1. The van der Waals surface area contributed by atoms with Crippen molar-refractivity contribution in [2.45, 2.75) is 25.9 Å². The molecule has 1 N–H and O–H groups in total. The van der Waals surface area contributed by atoms with E-state index in [-0.39, 0.29) is 0 Å². The van der Waals surface area contributed by atoms with E-state index >= 15 is 0 Å². The molecule has 0 saturated carbocycles. The number of furan rings is 1. The summed E-state index contributed by atoms with van der Waals surface area (Å²) < 4.78 is 5.26. The molecule has 1 unspecified atom stereocenters. The molecule has 0 aliphatic carbocycles. The van der Waals surface area contributed by atoms with Crippen LogP contribution in [0, 0.1) is 0 Å². The van der Waals surface area contributed by atoms with E-state index in [0.29, 0.717) is 6.04 Å². The van der Waals surface area contributed by atoms with Gasteiger partial charge in [0.05, 0.1) is 12.8 Å². The lowest BCUT2D eigenvalue weighted by Gasteiger charge is -2.11. The smallest absolute Gasteiger partial charge is 0.117 e. The fraction of sp³-hybridized carbons (Fsp3) is 0.333. The minimum atomic E-state index is 0.480. The van der Waals surface area contributed by atoms with Crippen LogP contribution in [0.2, 0.25) is 0 Å². The van der Waals surface area contributed by atoms with Gasteiger partial charge < -0.3 is 9.73 Å². The molecule has 0 bridgehead atoms. The van der Waals surface area contributed by atoms with Gasteiger partial charge in [-0.25, -0.2) is 0 Å². The summed E-state index contributed by atoms with van der Waals surface area (Å²) in [6, 6.07) is 8.66. The molecular formula is C12H15NOS. The Morgan fingerprint density at radius 1 is 1.40 bits per heavy atom. The average molecular weight is 221 g/mol. The predicted molar refractivity (Wildman–Crippen MR) is 63.0 cm³/mol. The third kappa shape index (κ3) is 3.22. The van der Waals surface area contributed by atoms with Crippen LogP contribution in [0.5, 0.6) is 0 Å². The van der Waals surface area contributed by atoms with Crippen LogP contribution in [0.1, 0.15) is 17.6 Å². The first-order valence-corrected chi connectivity index (χ1v) is 6.00. The number of hydrogen-bond acceptors (Lipinski definition) is 3. The molecule has 3 heteroatoms. The molecule has 0 radical (unpaired) electrons. The van der Waals surface area contributed by atoms with E-state index in [2.05, 4.69) is 29.8 Å². The van der Waals surface area contributed by atoms with Gasteiger partial charge in [0.15, 0.2) is 0 Å². The Morgan fingerprint density at radius 2 is 2.33 bits per heavy atom. The van der Waals surface area contributed by atoms with Gasteiger partial charge >= 0.3 is 0 Å². The largest absolute Gasteiger partial charge is 0.468 e. The van der Waals surface area contributed by atoms with Gasteiger partial charge in [-0.05, 0) is 36.9 Å². The van der Waals surface area contributed by atoms with Crippen LogP contribution in [0.25, 0.3) is 0 Å². The number of thiophene rings is 1. The number of nitrogens with one attached hydrogen (secondary N) is 1. The summed E-state index contributed by atoms with van der Waals surface area (Å²) in [7, 11) is 0. The quantitative estimate of drug-likeness (QED) is 0.839. The summed E-state index contributed by atoms with van der Waals surface area (Å²) in [5.74, 6) is 0.994. The zero-order chi connectivity index (χ0) is 10.5. The van der Waals surface area contributed by atoms with E-state index in [9.17, 15) is 0 Å². The van der Waals surface area contributed by atoms with Crippen LogP contribution in [-0.2, 0) is 13.0 Å². The summed E-state index contributed by atoms with van der Waals surface area (Å²) in [4.78, 5) is 1.43. The highest BCUT2D eigenvalue weighted by atomic mass is 32.1. The molecule has 0 aliphatic heterocycles. The van der Waals surface area contributed by atoms with E-state index in [0.717, 1.165) is 18.7 Å². The molecule has 0 spiro atoms. The first-order chi connectivity index (χ1) is 7.34. The van der Waals surface area contributed by atoms with Gasteiger partial charge in [-0.1, -0.05) is 6.07 Å². The predicted octanol–water partition coefficient (Wildman–Crippen LogP) is 3.06. The fourth-order valence-corrected chi connectivity index (χ4v) is 2.33. The number of rotatable bonds is 5. The second-order valence-electron chi connectivity index (χ2n) is 3.64.